The second kappa shape index (κ2) is 3.14. The van der Waals surface area contributed by atoms with Gasteiger partial charge in [0.05, 0.1) is 0 Å². The number of aryl methyl sites for hydroxylation is 1. The highest BCUT2D eigenvalue weighted by atomic mass is 16.3. The molecule has 0 amide bonds. The van der Waals surface area contributed by atoms with Crippen molar-refractivity contribution in [1.82, 2.24) is 4.98 Å². The number of aromatic amines is 1. The van der Waals surface area contributed by atoms with Crippen LogP contribution in [0.1, 0.15) is 31.2 Å². The van der Waals surface area contributed by atoms with Gasteiger partial charge in [-0.15, -0.1) is 0 Å². The Labute approximate surface area is 94.3 Å². The molecule has 16 heavy (non-hydrogen) atoms. The standard InChI is InChI=1S/C14H15NO/c1-8(2)13-7-11-12(15-13)5-4-10-6-9(3)16-14(10)11/h4-8,15H,1-3H3. The fourth-order valence-corrected chi connectivity index (χ4v) is 2.16. The van der Waals surface area contributed by atoms with E-state index in [2.05, 4.69) is 43.1 Å². The molecule has 2 heteroatoms. The molecule has 2 aromatic heterocycles. The zero-order chi connectivity index (χ0) is 11.3. The van der Waals surface area contributed by atoms with Crippen LogP contribution in [0.3, 0.4) is 0 Å². The average molecular weight is 213 g/mol. The highest BCUT2D eigenvalue weighted by Gasteiger charge is 2.10. The maximum Gasteiger partial charge on any atom is 0.143 e. The molecule has 1 aromatic carbocycles. The summed E-state index contributed by atoms with van der Waals surface area (Å²) in [7, 11) is 0. The van der Waals surface area contributed by atoms with Crippen molar-refractivity contribution < 1.29 is 4.42 Å². The van der Waals surface area contributed by atoms with Crippen molar-refractivity contribution in [3.05, 3.63) is 35.7 Å². The Morgan fingerprint density at radius 2 is 2.00 bits per heavy atom. The van der Waals surface area contributed by atoms with Gasteiger partial charge in [0.1, 0.15) is 11.3 Å². The van der Waals surface area contributed by atoms with Crippen LogP contribution in [-0.2, 0) is 0 Å². The van der Waals surface area contributed by atoms with Gasteiger partial charge in [-0.1, -0.05) is 13.8 Å². The summed E-state index contributed by atoms with van der Waals surface area (Å²) in [5.74, 6) is 1.48. The molecule has 0 fully saturated rings. The molecule has 2 nitrogen and oxygen atoms in total. The molecule has 0 spiro atoms. The Bertz CT molecular complexity index is 658. The van der Waals surface area contributed by atoms with E-state index >= 15 is 0 Å². The molecule has 0 atom stereocenters. The molecule has 0 aliphatic rings. The van der Waals surface area contributed by atoms with Crippen molar-refractivity contribution in [2.24, 2.45) is 0 Å². The van der Waals surface area contributed by atoms with E-state index in [1.165, 1.54) is 16.5 Å². The van der Waals surface area contributed by atoms with Gasteiger partial charge in [0.25, 0.3) is 0 Å². The molecular weight excluding hydrogens is 198 g/mol. The minimum atomic E-state index is 0.513. The lowest BCUT2D eigenvalue weighted by Gasteiger charge is -1.97. The Balaban J connectivity index is 2.40. The Morgan fingerprint density at radius 1 is 1.19 bits per heavy atom. The molecule has 0 unspecified atom stereocenters. The molecule has 82 valence electrons. The quantitative estimate of drug-likeness (QED) is 0.639. The van der Waals surface area contributed by atoms with E-state index in [0.717, 1.165) is 16.9 Å². The van der Waals surface area contributed by atoms with Crippen LogP contribution in [0.5, 0.6) is 0 Å². The van der Waals surface area contributed by atoms with Crippen molar-refractivity contribution >= 4 is 21.9 Å². The predicted octanol–water partition coefficient (Wildman–Crippen LogP) is 4.35. The van der Waals surface area contributed by atoms with Gasteiger partial charge in [0.2, 0.25) is 0 Å². The molecule has 0 bridgehead atoms. The Kier molecular flexibility index (Phi) is 1.87. The molecule has 1 N–H and O–H groups in total. The minimum absolute atomic E-state index is 0.513. The van der Waals surface area contributed by atoms with Gasteiger partial charge in [-0.05, 0) is 37.1 Å². The third kappa shape index (κ3) is 1.26. The molecular formula is C14H15NO. The topological polar surface area (TPSA) is 28.9 Å². The van der Waals surface area contributed by atoms with Crippen LogP contribution < -0.4 is 0 Å². The first kappa shape index (κ1) is 9.52. The fourth-order valence-electron chi connectivity index (χ4n) is 2.16. The second-order valence-electron chi connectivity index (χ2n) is 4.68. The van der Waals surface area contributed by atoms with E-state index < -0.39 is 0 Å². The summed E-state index contributed by atoms with van der Waals surface area (Å²) < 4.78 is 5.75. The Hall–Kier alpha value is -1.70. The maximum atomic E-state index is 5.75. The summed E-state index contributed by atoms with van der Waals surface area (Å²) in [5, 5.41) is 2.37. The number of benzene rings is 1. The number of hydrogen-bond acceptors (Lipinski definition) is 1. The summed E-state index contributed by atoms with van der Waals surface area (Å²) in [6.07, 6.45) is 0. The van der Waals surface area contributed by atoms with Crippen molar-refractivity contribution in [3.8, 4) is 0 Å². The fraction of sp³-hybridized carbons (Fsp3) is 0.286. The van der Waals surface area contributed by atoms with Gasteiger partial charge in [0.15, 0.2) is 0 Å². The largest absolute Gasteiger partial charge is 0.461 e. The lowest BCUT2D eigenvalue weighted by Crippen LogP contribution is -1.84. The van der Waals surface area contributed by atoms with E-state index in [4.69, 9.17) is 4.42 Å². The van der Waals surface area contributed by atoms with Gasteiger partial charge in [-0.3, -0.25) is 0 Å². The SMILES string of the molecule is Cc1cc2ccc3[nH]c(C(C)C)cc3c2o1. The third-order valence-corrected chi connectivity index (χ3v) is 3.05. The summed E-state index contributed by atoms with van der Waals surface area (Å²) in [5.41, 5.74) is 3.42. The number of furan rings is 1. The summed E-state index contributed by atoms with van der Waals surface area (Å²) in [6.45, 7) is 6.37. The van der Waals surface area contributed by atoms with Crippen LogP contribution in [0.25, 0.3) is 21.9 Å². The van der Waals surface area contributed by atoms with Crippen LogP contribution in [0.2, 0.25) is 0 Å². The smallest absolute Gasteiger partial charge is 0.143 e. The number of aromatic nitrogens is 1. The number of rotatable bonds is 1. The molecule has 0 saturated heterocycles. The molecule has 3 rings (SSSR count). The molecule has 0 aliphatic carbocycles. The van der Waals surface area contributed by atoms with Crippen molar-refractivity contribution in [1.29, 1.82) is 0 Å². The van der Waals surface area contributed by atoms with E-state index in [9.17, 15) is 0 Å². The van der Waals surface area contributed by atoms with Crippen LogP contribution >= 0.6 is 0 Å². The van der Waals surface area contributed by atoms with Gasteiger partial charge in [-0.25, -0.2) is 0 Å². The van der Waals surface area contributed by atoms with Gasteiger partial charge in [0, 0.05) is 22.0 Å². The van der Waals surface area contributed by atoms with Gasteiger partial charge in [-0.2, -0.15) is 0 Å². The molecule has 0 aliphatic heterocycles. The number of nitrogens with one attached hydrogen (secondary N) is 1. The van der Waals surface area contributed by atoms with Crippen molar-refractivity contribution in [2.45, 2.75) is 26.7 Å². The van der Waals surface area contributed by atoms with Crippen LogP contribution in [0.4, 0.5) is 0 Å². The lowest BCUT2D eigenvalue weighted by atomic mass is 10.1. The van der Waals surface area contributed by atoms with E-state index in [-0.39, 0.29) is 0 Å². The molecule has 0 saturated carbocycles. The normalized spacial score (nSPS) is 12.0. The summed E-state index contributed by atoms with van der Waals surface area (Å²) >= 11 is 0. The second-order valence-corrected chi connectivity index (χ2v) is 4.68. The monoisotopic (exact) mass is 213 g/mol. The lowest BCUT2D eigenvalue weighted by molar-refractivity contribution is 0.581. The van der Waals surface area contributed by atoms with Gasteiger partial charge < -0.3 is 9.40 Å². The van der Waals surface area contributed by atoms with E-state index in [0.29, 0.717) is 5.92 Å². The molecule has 2 heterocycles. The van der Waals surface area contributed by atoms with E-state index in [1.54, 1.807) is 0 Å². The van der Waals surface area contributed by atoms with E-state index in [1.807, 2.05) is 6.92 Å². The first-order chi connectivity index (χ1) is 7.65. The van der Waals surface area contributed by atoms with Gasteiger partial charge >= 0.3 is 0 Å². The molecule has 3 aromatic rings. The predicted molar refractivity (Wildman–Crippen MR) is 66.9 cm³/mol. The number of fused-ring (bicyclic) bond motifs is 3. The van der Waals surface area contributed by atoms with Crippen LogP contribution in [-0.4, -0.2) is 4.98 Å². The highest BCUT2D eigenvalue weighted by Crippen LogP contribution is 2.30. The summed E-state index contributed by atoms with van der Waals surface area (Å²) in [6, 6.07) is 8.51. The van der Waals surface area contributed by atoms with Crippen molar-refractivity contribution in [3.63, 3.8) is 0 Å². The Morgan fingerprint density at radius 3 is 2.75 bits per heavy atom. The highest BCUT2D eigenvalue weighted by molar-refractivity contribution is 6.03. The zero-order valence-corrected chi connectivity index (χ0v) is 9.79. The number of H-pyrrole nitrogens is 1. The molecule has 0 radical (unpaired) electrons. The van der Waals surface area contributed by atoms with Crippen LogP contribution in [0, 0.1) is 6.92 Å². The maximum absolute atomic E-state index is 5.75. The first-order valence-corrected chi connectivity index (χ1v) is 5.67. The van der Waals surface area contributed by atoms with Crippen molar-refractivity contribution in [2.75, 3.05) is 0 Å². The average Bonchev–Trinajstić information content (AvgIpc) is 2.77. The number of hydrogen-bond donors (Lipinski definition) is 1. The minimum Gasteiger partial charge on any atom is -0.461 e. The third-order valence-electron chi connectivity index (χ3n) is 3.05. The summed E-state index contributed by atoms with van der Waals surface area (Å²) in [4.78, 5) is 3.44. The zero-order valence-electron chi connectivity index (χ0n) is 9.79. The van der Waals surface area contributed by atoms with Crippen LogP contribution in [0.15, 0.2) is 28.7 Å². The first-order valence-electron chi connectivity index (χ1n) is 5.67.